The molecule has 2 heterocycles. The molecule has 4 aromatic rings. The summed E-state index contributed by atoms with van der Waals surface area (Å²) in [5, 5.41) is 2.14. The van der Waals surface area contributed by atoms with Crippen LogP contribution in [0.15, 0.2) is 81.7 Å². The lowest BCUT2D eigenvalue weighted by molar-refractivity contribution is -0.139. The van der Waals surface area contributed by atoms with E-state index in [1.54, 1.807) is 44.8 Å². The number of hydrogen-bond donors (Lipinski definition) is 0. The molecule has 188 valence electrons. The first kappa shape index (κ1) is 24.5. The summed E-state index contributed by atoms with van der Waals surface area (Å²) in [5.41, 5.74) is 2.22. The first-order valence-electron chi connectivity index (χ1n) is 11.9. The fourth-order valence-corrected chi connectivity index (χ4v) is 5.68. The highest BCUT2D eigenvalue weighted by molar-refractivity contribution is 7.07. The number of hydrogen-bond acceptors (Lipinski definition) is 7. The number of methoxy groups -OCH3 is 2. The Balaban J connectivity index is 1.76. The summed E-state index contributed by atoms with van der Waals surface area (Å²) in [7, 11) is 3.10. The van der Waals surface area contributed by atoms with E-state index in [0.717, 1.165) is 16.3 Å². The molecular weight excluding hydrogens is 488 g/mol. The molecule has 0 aliphatic carbocycles. The van der Waals surface area contributed by atoms with Crippen LogP contribution in [0.3, 0.4) is 0 Å². The predicted molar refractivity (Wildman–Crippen MR) is 144 cm³/mol. The van der Waals surface area contributed by atoms with E-state index >= 15 is 0 Å². The second kappa shape index (κ2) is 10.1. The van der Waals surface area contributed by atoms with Gasteiger partial charge < -0.3 is 14.2 Å². The Morgan fingerprint density at radius 2 is 1.81 bits per heavy atom. The van der Waals surface area contributed by atoms with Gasteiger partial charge in [-0.3, -0.25) is 9.36 Å². The summed E-state index contributed by atoms with van der Waals surface area (Å²) < 4.78 is 18.4. The van der Waals surface area contributed by atoms with E-state index in [1.807, 2.05) is 54.6 Å². The average molecular weight is 515 g/mol. The molecule has 1 aliphatic heterocycles. The maximum atomic E-state index is 13.9. The molecule has 8 heteroatoms. The Morgan fingerprint density at radius 3 is 2.57 bits per heavy atom. The van der Waals surface area contributed by atoms with Crippen molar-refractivity contribution in [2.75, 3.05) is 20.8 Å². The van der Waals surface area contributed by atoms with E-state index in [9.17, 15) is 9.59 Å². The van der Waals surface area contributed by atoms with Crippen LogP contribution < -0.4 is 24.4 Å². The molecular formula is C29H26N2O5S. The quantitative estimate of drug-likeness (QED) is 0.364. The highest BCUT2D eigenvalue weighted by Crippen LogP contribution is 2.36. The van der Waals surface area contributed by atoms with Crippen molar-refractivity contribution in [1.29, 1.82) is 0 Å². The zero-order chi connectivity index (χ0) is 26.1. The van der Waals surface area contributed by atoms with Crippen molar-refractivity contribution in [1.82, 2.24) is 4.57 Å². The third kappa shape index (κ3) is 4.34. The molecule has 1 aliphatic rings. The molecule has 0 spiro atoms. The fourth-order valence-electron chi connectivity index (χ4n) is 4.65. The van der Waals surface area contributed by atoms with Crippen LogP contribution in [-0.4, -0.2) is 31.4 Å². The number of esters is 1. The van der Waals surface area contributed by atoms with Crippen LogP contribution in [-0.2, 0) is 9.53 Å². The average Bonchev–Trinajstić information content (AvgIpc) is 3.21. The molecule has 7 nitrogen and oxygen atoms in total. The van der Waals surface area contributed by atoms with Crippen molar-refractivity contribution in [2.24, 2.45) is 4.99 Å². The standard InChI is InChI=1S/C29H26N2O5S/c1-5-36-28(33)25-17(2)30-29-31(26(25)20-13-14-22(34-3)23(15-20)35-4)27(32)24(37-29)16-19-11-8-10-18-9-6-7-12-21(18)19/h6-16,26H,5H2,1-4H3/t26-/m0/s1. The van der Waals surface area contributed by atoms with Gasteiger partial charge in [-0.1, -0.05) is 59.9 Å². The second-order valence-corrected chi connectivity index (χ2v) is 9.49. The van der Waals surface area contributed by atoms with Gasteiger partial charge in [-0.15, -0.1) is 0 Å². The molecule has 0 N–H and O–H groups in total. The van der Waals surface area contributed by atoms with Crippen LogP contribution in [0, 0.1) is 0 Å². The first-order valence-corrected chi connectivity index (χ1v) is 12.7. The van der Waals surface area contributed by atoms with Crippen LogP contribution in [0.4, 0.5) is 0 Å². The van der Waals surface area contributed by atoms with Crippen molar-refractivity contribution in [2.45, 2.75) is 19.9 Å². The molecule has 0 saturated heterocycles. The molecule has 0 fully saturated rings. The van der Waals surface area contributed by atoms with Gasteiger partial charge in [-0.05, 0) is 54.0 Å². The molecule has 0 bridgehead atoms. The third-order valence-corrected chi connectivity index (χ3v) is 7.33. The smallest absolute Gasteiger partial charge is 0.338 e. The zero-order valence-electron chi connectivity index (χ0n) is 21.0. The highest BCUT2D eigenvalue weighted by Gasteiger charge is 2.33. The number of carbonyl (C=O) groups is 1. The predicted octanol–water partition coefficient (Wildman–Crippen LogP) is 3.97. The van der Waals surface area contributed by atoms with Crippen LogP contribution >= 0.6 is 11.3 Å². The number of rotatable bonds is 6. The molecule has 0 amide bonds. The Morgan fingerprint density at radius 1 is 1.05 bits per heavy atom. The number of nitrogens with zero attached hydrogens (tertiary/aromatic N) is 2. The van der Waals surface area contributed by atoms with Gasteiger partial charge in [-0.2, -0.15) is 0 Å². The third-order valence-electron chi connectivity index (χ3n) is 6.35. The van der Waals surface area contributed by atoms with Crippen molar-refractivity contribution < 1.29 is 19.0 Å². The number of allylic oxidation sites excluding steroid dienone is 1. The van der Waals surface area contributed by atoms with E-state index in [4.69, 9.17) is 14.2 Å². The van der Waals surface area contributed by atoms with Crippen LogP contribution in [0.5, 0.6) is 11.5 Å². The molecule has 5 rings (SSSR count). The van der Waals surface area contributed by atoms with Crippen molar-refractivity contribution in [3.8, 4) is 11.5 Å². The lowest BCUT2D eigenvalue weighted by atomic mass is 9.95. The minimum absolute atomic E-state index is 0.208. The number of aromatic nitrogens is 1. The second-order valence-electron chi connectivity index (χ2n) is 8.49. The summed E-state index contributed by atoms with van der Waals surface area (Å²) in [6, 6.07) is 18.7. The Kier molecular flexibility index (Phi) is 6.67. The Bertz CT molecular complexity index is 1730. The highest BCUT2D eigenvalue weighted by atomic mass is 32.1. The number of ether oxygens (including phenoxy) is 3. The van der Waals surface area contributed by atoms with Crippen molar-refractivity contribution >= 4 is 34.2 Å². The van der Waals surface area contributed by atoms with Gasteiger partial charge in [0.25, 0.3) is 5.56 Å². The lowest BCUT2D eigenvalue weighted by Crippen LogP contribution is -2.40. The van der Waals surface area contributed by atoms with Gasteiger partial charge in [0.1, 0.15) is 0 Å². The zero-order valence-corrected chi connectivity index (χ0v) is 21.8. The largest absolute Gasteiger partial charge is 0.493 e. The number of thiazole rings is 1. The van der Waals surface area contributed by atoms with E-state index in [1.165, 1.54) is 11.3 Å². The summed E-state index contributed by atoms with van der Waals surface area (Å²) in [4.78, 5) is 32.2. The van der Waals surface area contributed by atoms with Gasteiger partial charge in [0.05, 0.1) is 42.7 Å². The topological polar surface area (TPSA) is 79.1 Å². The summed E-state index contributed by atoms with van der Waals surface area (Å²) in [5.74, 6) is 0.538. The van der Waals surface area contributed by atoms with E-state index < -0.39 is 12.0 Å². The summed E-state index contributed by atoms with van der Waals surface area (Å²) in [6.07, 6.45) is 1.89. The van der Waals surface area contributed by atoms with Gasteiger partial charge in [0, 0.05) is 0 Å². The number of fused-ring (bicyclic) bond motifs is 2. The number of benzene rings is 3. The SMILES string of the molecule is CCOC(=O)C1=C(C)N=c2sc(=Cc3cccc4ccccc34)c(=O)n2[C@H]1c1ccc(OC)c(OC)c1. The van der Waals surface area contributed by atoms with Crippen molar-refractivity contribution in [3.05, 3.63) is 103 Å². The molecule has 0 radical (unpaired) electrons. The van der Waals surface area contributed by atoms with Crippen molar-refractivity contribution in [3.63, 3.8) is 0 Å². The molecule has 0 unspecified atom stereocenters. The maximum absolute atomic E-state index is 13.9. The van der Waals surface area contributed by atoms with Gasteiger partial charge >= 0.3 is 5.97 Å². The Labute approximate surface area is 217 Å². The van der Waals surface area contributed by atoms with Crippen LogP contribution in [0.25, 0.3) is 16.8 Å². The van der Waals surface area contributed by atoms with Crippen LogP contribution in [0.1, 0.15) is 31.0 Å². The fraction of sp³-hybridized carbons (Fsp3) is 0.207. The number of carbonyl (C=O) groups excluding carboxylic acids is 1. The monoisotopic (exact) mass is 514 g/mol. The lowest BCUT2D eigenvalue weighted by Gasteiger charge is -2.25. The molecule has 0 saturated carbocycles. The normalized spacial score (nSPS) is 15.4. The summed E-state index contributed by atoms with van der Waals surface area (Å²) >= 11 is 1.30. The van der Waals surface area contributed by atoms with Crippen LogP contribution in [0.2, 0.25) is 0 Å². The summed E-state index contributed by atoms with van der Waals surface area (Å²) in [6.45, 7) is 3.72. The van der Waals surface area contributed by atoms with Gasteiger partial charge in [0.15, 0.2) is 16.3 Å². The van der Waals surface area contributed by atoms with Gasteiger partial charge in [0.2, 0.25) is 0 Å². The Hall–Kier alpha value is -4.17. The first-order chi connectivity index (χ1) is 18.0. The maximum Gasteiger partial charge on any atom is 0.338 e. The van der Waals surface area contributed by atoms with E-state index in [-0.39, 0.29) is 12.2 Å². The molecule has 37 heavy (non-hydrogen) atoms. The minimum atomic E-state index is -0.732. The molecule has 3 aromatic carbocycles. The van der Waals surface area contributed by atoms with Gasteiger partial charge in [-0.25, -0.2) is 9.79 Å². The van der Waals surface area contributed by atoms with E-state index in [2.05, 4.69) is 4.99 Å². The van der Waals surface area contributed by atoms with E-state index in [0.29, 0.717) is 37.7 Å². The minimum Gasteiger partial charge on any atom is -0.493 e. The molecule has 1 atom stereocenters. The molecule has 1 aromatic heterocycles.